The molecular formula is C18H30N4O2. The minimum Gasteiger partial charge on any atom is -0.353 e. The first-order chi connectivity index (χ1) is 11.4. The minimum atomic E-state index is -0.128. The first-order valence-electron chi connectivity index (χ1n) is 8.84. The molecule has 0 aromatic carbocycles. The first-order valence-corrected chi connectivity index (χ1v) is 8.84. The summed E-state index contributed by atoms with van der Waals surface area (Å²) in [5.41, 5.74) is 1.10. The van der Waals surface area contributed by atoms with Gasteiger partial charge in [0.2, 0.25) is 5.91 Å². The van der Waals surface area contributed by atoms with E-state index in [-0.39, 0.29) is 24.5 Å². The van der Waals surface area contributed by atoms with Gasteiger partial charge in [-0.1, -0.05) is 13.8 Å². The first kappa shape index (κ1) is 18.4. The number of carbonyl (C=O) groups excluding carboxylic acids is 2. The van der Waals surface area contributed by atoms with Gasteiger partial charge in [-0.25, -0.2) is 4.79 Å². The smallest absolute Gasteiger partial charge is 0.318 e. The van der Waals surface area contributed by atoms with Gasteiger partial charge in [-0.2, -0.15) is 0 Å². The van der Waals surface area contributed by atoms with Gasteiger partial charge in [-0.15, -0.1) is 0 Å². The normalized spacial score (nSPS) is 13.9. The van der Waals surface area contributed by atoms with E-state index in [2.05, 4.69) is 19.2 Å². The Labute approximate surface area is 144 Å². The Morgan fingerprint density at radius 3 is 2.58 bits per heavy atom. The minimum absolute atomic E-state index is 0.0167. The third-order valence-electron chi connectivity index (χ3n) is 4.22. The number of urea groups is 1. The zero-order chi connectivity index (χ0) is 17.7. The van der Waals surface area contributed by atoms with E-state index >= 15 is 0 Å². The molecule has 0 spiro atoms. The molecule has 0 bridgehead atoms. The van der Waals surface area contributed by atoms with Crippen molar-refractivity contribution in [3.63, 3.8) is 0 Å². The van der Waals surface area contributed by atoms with Crippen LogP contribution in [0.3, 0.4) is 0 Å². The zero-order valence-electron chi connectivity index (χ0n) is 15.3. The van der Waals surface area contributed by atoms with Crippen molar-refractivity contribution in [1.82, 2.24) is 19.7 Å². The summed E-state index contributed by atoms with van der Waals surface area (Å²) in [6, 6.07) is 4.11. The number of hydrogen-bond donors (Lipinski definition) is 1. The molecule has 1 N–H and O–H groups in total. The number of nitrogens with zero attached hydrogens (tertiary/aromatic N) is 3. The van der Waals surface area contributed by atoms with Crippen molar-refractivity contribution in [2.75, 3.05) is 19.6 Å². The largest absolute Gasteiger partial charge is 0.353 e. The van der Waals surface area contributed by atoms with Gasteiger partial charge in [0.15, 0.2) is 0 Å². The number of carbonyl (C=O) groups is 2. The van der Waals surface area contributed by atoms with Crippen molar-refractivity contribution in [2.24, 2.45) is 13.0 Å². The van der Waals surface area contributed by atoms with E-state index in [1.165, 1.54) is 0 Å². The fourth-order valence-electron chi connectivity index (χ4n) is 2.80. The summed E-state index contributed by atoms with van der Waals surface area (Å²) in [7, 11) is 1.98. The molecule has 0 unspecified atom stereocenters. The van der Waals surface area contributed by atoms with Crippen LogP contribution in [-0.4, -0.2) is 52.0 Å². The second kappa shape index (κ2) is 8.22. The van der Waals surface area contributed by atoms with Gasteiger partial charge in [-0.3, -0.25) is 4.79 Å². The topological polar surface area (TPSA) is 57.6 Å². The van der Waals surface area contributed by atoms with Gasteiger partial charge >= 0.3 is 6.03 Å². The predicted octanol–water partition coefficient (Wildman–Crippen LogP) is 2.20. The maximum absolute atomic E-state index is 12.9. The molecule has 1 aliphatic rings. The lowest BCUT2D eigenvalue weighted by Gasteiger charge is -2.29. The van der Waals surface area contributed by atoms with Gasteiger partial charge in [0.05, 0.1) is 6.54 Å². The Balaban J connectivity index is 2.05. The van der Waals surface area contributed by atoms with Crippen LogP contribution in [0.4, 0.5) is 4.79 Å². The van der Waals surface area contributed by atoms with E-state index < -0.39 is 0 Å². The van der Waals surface area contributed by atoms with Crippen molar-refractivity contribution in [3.05, 3.63) is 24.0 Å². The fourth-order valence-corrected chi connectivity index (χ4v) is 2.80. The molecule has 6 heteroatoms. The van der Waals surface area contributed by atoms with E-state index in [4.69, 9.17) is 0 Å². The highest BCUT2D eigenvalue weighted by atomic mass is 16.2. The lowest BCUT2D eigenvalue weighted by atomic mass is 10.2. The summed E-state index contributed by atoms with van der Waals surface area (Å²) < 4.78 is 2.03. The Morgan fingerprint density at radius 1 is 1.38 bits per heavy atom. The summed E-state index contributed by atoms with van der Waals surface area (Å²) in [6.45, 7) is 8.11. The van der Waals surface area contributed by atoms with Crippen molar-refractivity contribution in [3.8, 4) is 0 Å². The van der Waals surface area contributed by atoms with Gasteiger partial charge in [-0.05, 0) is 37.8 Å². The molecule has 1 aliphatic carbocycles. The summed E-state index contributed by atoms with van der Waals surface area (Å²) in [4.78, 5) is 28.6. The maximum atomic E-state index is 12.9. The molecule has 1 heterocycles. The number of hydrogen-bond acceptors (Lipinski definition) is 2. The molecule has 2 rings (SSSR count). The van der Waals surface area contributed by atoms with Crippen LogP contribution < -0.4 is 5.32 Å². The summed E-state index contributed by atoms with van der Waals surface area (Å²) in [6.07, 6.45) is 3.97. The van der Waals surface area contributed by atoms with Crippen LogP contribution in [-0.2, 0) is 18.4 Å². The van der Waals surface area contributed by atoms with Crippen molar-refractivity contribution in [1.29, 1.82) is 0 Å². The van der Waals surface area contributed by atoms with Crippen LogP contribution in [0.25, 0.3) is 0 Å². The van der Waals surface area contributed by atoms with Gasteiger partial charge in [0.1, 0.15) is 6.54 Å². The number of aryl methyl sites for hydroxylation is 1. The molecule has 0 aliphatic heterocycles. The van der Waals surface area contributed by atoms with Gasteiger partial charge in [0.25, 0.3) is 0 Å². The second-order valence-electron chi connectivity index (χ2n) is 6.97. The molecule has 1 fully saturated rings. The number of nitrogens with one attached hydrogen (secondary N) is 1. The predicted molar refractivity (Wildman–Crippen MR) is 94.5 cm³/mol. The highest BCUT2D eigenvalue weighted by Gasteiger charge is 2.34. The third-order valence-corrected chi connectivity index (χ3v) is 4.22. The standard InChI is InChI=1S/C18H30N4O2/c1-5-19-18(24)22(15-8-9-15)13-17(23)21(11-14(2)3)12-16-7-6-10-20(16)4/h6-7,10,14-15H,5,8-9,11-13H2,1-4H3,(H,19,24). The molecule has 0 saturated heterocycles. The number of amides is 3. The average molecular weight is 334 g/mol. The Bertz CT molecular complexity index is 563. The molecular weight excluding hydrogens is 304 g/mol. The van der Waals surface area contributed by atoms with Crippen LogP contribution in [0, 0.1) is 5.92 Å². The second-order valence-corrected chi connectivity index (χ2v) is 6.97. The SMILES string of the molecule is CCNC(=O)N(CC(=O)N(Cc1cccn1C)CC(C)C)C1CC1. The van der Waals surface area contributed by atoms with E-state index in [0.29, 0.717) is 25.6 Å². The summed E-state index contributed by atoms with van der Waals surface area (Å²) in [5.74, 6) is 0.399. The van der Waals surface area contributed by atoms with Crippen LogP contribution in [0.1, 0.15) is 39.3 Å². The van der Waals surface area contributed by atoms with E-state index in [9.17, 15) is 9.59 Å². The Kier molecular flexibility index (Phi) is 6.29. The van der Waals surface area contributed by atoms with Crippen LogP contribution in [0.15, 0.2) is 18.3 Å². The molecule has 24 heavy (non-hydrogen) atoms. The van der Waals surface area contributed by atoms with E-state index in [1.54, 1.807) is 4.90 Å². The quantitative estimate of drug-likeness (QED) is 0.792. The van der Waals surface area contributed by atoms with Crippen LogP contribution in [0.2, 0.25) is 0 Å². The average Bonchev–Trinajstić information content (AvgIpc) is 3.27. The highest BCUT2D eigenvalue weighted by molar-refractivity contribution is 5.84. The number of rotatable bonds is 8. The number of aromatic nitrogens is 1. The highest BCUT2D eigenvalue weighted by Crippen LogP contribution is 2.27. The zero-order valence-corrected chi connectivity index (χ0v) is 15.3. The Morgan fingerprint density at radius 2 is 2.08 bits per heavy atom. The van der Waals surface area contributed by atoms with Crippen LogP contribution >= 0.6 is 0 Å². The molecule has 0 radical (unpaired) electrons. The van der Waals surface area contributed by atoms with Gasteiger partial charge < -0.3 is 19.7 Å². The molecule has 3 amide bonds. The molecule has 0 atom stereocenters. The monoisotopic (exact) mass is 334 g/mol. The summed E-state index contributed by atoms with van der Waals surface area (Å²) >= 11 is 0. The molecule has 1 aromatic rings. The van der Waals surface area contributed by atoms with Crippen molar-refractivity contribution in [2.45, 2.75) is 46.2 Å². The lowest BCUT2D eigenvalue weighted by Crippen LogP contribution is -2.48. The van der Waals surface area contributed by atoms with Crippen molar-refractivity contribution < 1.29 is 9.59 Å². The van der Waals surface area contributed by atoms with E-state index in [1.807, 2.05) is 41.8 Å². The molecule has 1 aromatic heterocycles. The van der Waals surface area contributed by atoms with Gasteiger partial charge in [0, 0.05) is 38.1 Å². The lowest BCUT2D eigenvalue weighted by molar-refractivity contribution is -0.133. The van der Waals surface area contributed by atoms with Crippen molar-refractivity contribution >= 4 is 11.9 Å². The Hall–Kier alpha value is -1.98. The fraction of sp³-hybridized carbons (Fsp3) is 0.667. The summed E-state index contributed by atoms with van der Waals surface area (Å²) in [5, 5.41) is 2.82. The van der Waals surface area contributed by atoms with Crippen LogP contribution in [0.5, 0.6) is 0 Å². The molecule has 1 saturated carbocycles. The van der Waals surface area contributed by atoms with E-state index in [0.717, 1.165) is 18.5 Å². The molecule has 6 nitrogen and oxygen atoms in total. The molecule has 134 valence electrons. The maximum Gasteiger partial charge on any atom is 0.318 e. The third kappa shape index (κ3) is 5.01.